The van der Waals surface area contributed by atoms with Crippen LogP contribution < -0.4 is 0 Å². The van der Waals surface area contributed by atoms with Gasteiger partial charge in [0.05, 0.1) is 17.8 Å². The van der Waals surface area contributed by atoms with Crippen LogP contribution in [0.4, 0.5) is 5.69 Å². The van der Waals surface area contributed by atoms with Crippen LogP contribution in [-0.4, -0.2) is 35.8 Å². The van der Waals surface area contributed by atoms with Gasteiger partial charge in [-0.05, 0) is 17.9 Å². The summed E-state index contributed by atoms with van der Waals surface area (Å²) in [5.41, 5.74) is 0.164. The summed E-state index contributed by atoms with van der Waals surface area (Å²) in [6.07, 6.45) is 3.04. The summed E-state index contributed by atoms with van der Waals surface area (Å²) in [4.78, 5) is 33.6. The first-order valence-electron chi connectivity index (χ1n) is 5.56. The first kappa shape index (κ1) is 15.9. The highest BCUT2D eigenvalue weighted by Gasteiger charge is 2.18. The number of ketones is 1. The number of non-ortho nitro benzene ring substituents is 1. The Morgan fingerprint density at radius 3 is 2.70 bits per heavy atom. The minimum atomic E-state index is -0.754. The number of benzene rings is 1. The Kier molecular flexibility index (Phi) is 5.92. The lowest BCUT2D eigenvalue weighted by molar-refractivity contribution is -0.384. The molecule has 0 aromatic heterocycles. The topological polar surface area (TPSA) is 86.5 Å². The number of ether oxygens (including phenoxy) is 1. The van der Waals surface area contributed by atoms with Gasteiger partial charge in [-0.2, -0.15) is 11.8 Å². The highest BCUT2D eigenvalue weighted by atomic mass is 32.2. The molecule has 1 aromatic carbocycles. The number of nitro groups is 1. The summed E-state index contributed by atoms with van der Waals surface area (Å²) in [6.45, 7) is 0. The summed E-state index contributed by atoms with van der Waals surface area (Å²) in [6, 6.07) is 5.68. The largest absolute Gasteiger partial charge is 0.465 e. The van der Waals surface area contributed by atoms with E-state index in [0.717, 1.165) is 0 Å². The lowest BCUT2D eigenvalue weighted by Crippen LogP contribution is -2.16. The van der Waals surface area contributed by atoms with Gasteiger partial charge in [0.1, 0.15) is 5.57 Å². The van der Waals surface area contributed by atoms with Gasteiger partial charge in [-0.25, -0.2) is 4.79 Å². The smallest absolute Gasteiger partial charge is 0.341 e. The maximum atomic E-state index is 11.8. The standard InChI is InChI=1S/C13H13NO5S/c1-19-13(16)11(12(15)8-20-2)7-9-4-3-5-10(6-9)14(17)18/h3-7H,8H2,1-2H3. The van der Waals surface area contributed by atoms with E-state index >= 15 is 0 Å². The lowest BCUT2D eigenvalue weighted by Gasteiger charge is -2.04. The number of esters is 1. The van der Waals surface area contributed by atoms with Crippen molar-refractivity contribution < 1.29 is 19.2 Å². The molecule has 106 valence electrons. The Bertz CT molecular complexity index is 568. The van der Waals surface area contributed by atoms with E-state index in [2.05, 4.69) is 4.74 Å². The molecule has 1 aromatic rings. The van der Waals surface area contributed by atoms with Crippen LogP contribution in [0.1, 0.15) is 5.56 Å². The van der Waals surface area contributed by atoms with E-state index < -0.39 is 10.9 Å². The highest BCUT2D eigenvalue weighted by Crippen LogP contribution is 2.17. The van der Waals surface area contributed by atoms with Gasteiger partial charge in [0.15, 0.2) is 5.78 Å². The molecule has 0 aliphatic rings. The molecule has 0 N–H and O–H groups in total. The SMILES string of the molecule is COC(=O)C(=Cc1cccc([N+](=O)[O-])c1)C(=O)CSC. The molecule has 0 spiro atoms. The Hall–Kier alpha value is -2.15. The molecule has 7 heteroatoms. The summed E-state index contributed by atoms with van der Waals surface area (Å²) >= 11 is 1.28. The van der Waals surface area contributed by atoms with E-state index in [9.17, 15) is 19.7 Å². The fourth-order valence-corrected chi connectivity index (χ4v) is 1.88. The average molecular weight is 295 g/mol. The molecule has 0 amide bonds. The van der Waals surface area contributed by atoms with E-state index in [4.69, 9.17) is 0 Å². The van der Waals surface area contributed by atoms with Gasteiger partial charge < -0.3 is 4.74 Å². The second-order valence-electron chi connectivity index (χ2n) is 3.76. The molecule has 0 unspecified atom stereocenters. The maximum absolute atomic E-state index is 11.8. The molecule has 6 nitrogen and oxygen atoms in total. The highest BCUT2D eigenvalue weighted by molar-refractivity contribution is 7.99. The zero-order valence-corrected chi connectivity index (χ0v) is 11.8. The van der Waals surface area contributed by atoms with Crippen LogP contribution in [0.25, 0.3) is 6.08 Å². The summed E-state index contributed by atoms with van der Waals surface area (Å²) in [5, 5.41) is 10.7. The van der Waals surface area contributed by atoms with Crippen molar-refractivity contribution in [3.63, 3.8) is 0 Å². The van der Waals surface area contributed by atoms with E-state index in [1.165, 1.54) is 43.1 Å². The van der Waals surface area contributed by atoms with E-state index in [0.29, 0.717) is 5.56 Å². The predicted molar refractivity (Wildman–Crippen MR) is 76.5 cm³/mol. The molecule has 20 heavy (non-hydrogen) atoms. The quantitative estimate of drug-likeness (QED) is 0.199. The van der Waals surface area contributed by atoms with Crippen molar-refractivity contribution in [2.24, 2.45) is 0 Å². The van der Waals surface area contributed by atoms with E-state index in [1.54, 1.807) is 12.3 Å². The third kappa shape index (κ3) is 4.20. The normalized spacial score (nSPS) is 11.0. The molecular weight excluding hydrogens is 282 g/mol. The van der Waals surface area contributed by atoms with Gasteiger partial charge >= 0.3 is 5.97 Å². The number of nitro benzene ring substituents is 1. The zero-order chi connectivity index (χ0) is 15.1. The molecule has 0 saturated heterocycles. The van der Waals surface area contributed by atoms with Gasteiger partial charge in [-0.3, -0.25) is 14.9 Å². The van der Waals surface area contributed by atoms with Crippen molar-refractivity contribution in [3.8, 4) is 0 Å². The van der Waals surface area contributed by atoms with Crippen molar-refractivity contribution in [3.05, 3.63) is 45.5 Å². The van der Waals surface area contributed by atoms with Crippen molar-refractivity contribution in [2.45, 2.75) is 0 Å². The number of nitrogens with zero attached hydrogens (tertiary/aromatic N) is 1. The van der Waals surface area contributed by atoms with Crippen LogP contribution in [0.5, 0.6) is 0 Å². The van der Waals surface area contributed by atoms with Crippen LogP contribution in [-0.2, 0) is 14.3 Å². The fraction of sp³-hybridized carbons (Fsp3) is 0.231. The van der Waals surface area contributed by atoms with E-state index in [1.807, 2.05) is 0 Å². The Balaban J connectivity index is 3.19. The molecule has 0 fully saturated rings. The molecular formula is C13H13NO5S. The van der Waals surface area contributed by atoms with Gasteiger partial charge in [-0.1, -0.05) is 12.1 Å². The number of Topliss-reactive ketones (excluding diaryl/α,β-unsaturated/α-hetero) is 1. The summed E-state index contributed by atoms with van der Waals surface area (Å²) in [5.74, 6) is -0.998. The zero-order valence-electron chi connectivity index (χ0n) is 11.0. The molecule has 1 rings (SSSR count). The monoisotopic (exact) mass is 295 g/mol. The Morgan fingerprint density at radius 1 is 1.45 bits per heavy atom. The number of carbonyl (C=O) groups is 2. The van der Waals surface area contributed by atoms with Gasteiger partial charge in [-0.15, -0.1) is 0 Å². The minimum absolute atomic E-state index is 0.111. The van der Waals surface area contributed by atoms with Crippen molar-refractivity contribution >= 4 is 35.3 Å². The van der Waals surface area contributed by atoms with Crippen LogP contribution in [0, 0.1) is 10.1 Å². The lowest BCUT2D eigenvalue weighted by atomic mass is 10.1. The molecule has 0 aliphatic carbocycles. The first-order valence-corrected chi connectivity index (χ1v) is 6.95. The Labute approximate surface area is 120 Å². The average Bonchev–Trinajstić information content (AvgIpc) is 2.44. The molecule has 0 bridgehead atoms. The van der Waals surface area contributed by atoms with Crippen LogP contribution >= 0.6 is 11.8 Å². The molecule has 0 radical (unpaired) electrons. The summed E-state index contributed by atoms with van der Waals surface area (Å²) in [7, 11) is 1.18. The van der Waals surface area contributed by atoms with Gasteiger partial charge in [0.2, 0.25) is 0 Å². The van der Waals surface area contributed by atoms with Crippen LogP contribution in [0.2, 0.25) is 0 Å². The third-order valence-corrected chi connectivity index (χ3v) is 2.92. The molecule has 0 heterocycles. The second kappa shape index (κ2) is 7.44. The molecule has 0 aliphatic heterocycles. The van der Waals surface area contributed by atoms with Crippen molar-refractivity contribution in [1.29, 1.82) is 0 Å². The van der Waals surface area contributed by atoms with E-state index in [-0.39, 0.29) is 22.8 Å². The predicted octanol–water partition coefficient (Wildman–Crippen LogP) is 2.08. The van der Waals surface area contributed by atoms with Crippen molar-refractivity contribution in [1.82, 2.24) is 0 Å². The second-order valence-corrected chi connectivity index (χ2v) is 4.62. The van der Waals surface area contributed by atoms with Crippen molar-refractivity contribution in [2.75, 3.05) is 19.1 Å². The Morgan fingerprint density at radius 2 is 2.15 bits per heavy atom. The van der Waals surface area contributed by atoms with Gasteiger partial charge in [0, 0.05) is 12.1 Å². The number of thioether (sulfide) groups is 1. The minimum Gasteiger partial charge on any atom is -0.465 e. The summed E-state index contributed by atoms with van der Waals surface area (Å²) < 4.78 is 4.56. The number of rotatable bonds is 6. The number of hydrogen-bond acceptors (Lipinski definition) is 6. The third-order valence-electron chi connectivity index (χ3n) is 2.37. The van der Waals surface area contributed by atoms with Crippen LogP contribution in [0.15, 0.2) is 29.8 Å². The molecule has 0 saturated carbocycles. The maximum Gasteiger partial charge on any atom is 0.341 e. The number of carbonyl (C=O) groups excluding carboxylic acids is 2. The van der Waals surface area contributed by atoms with Gasteiger partial charge in [0.25, 0.3) is 5.69 Å². The number of hydrogen-bond donors (Lipinski definition) is 0. The fourth-order valence-electron chi connectivity index (χ4n) is 1.47. The number of methoxy groups -OCH3 is 1. The first-order chi connectivity index (χ1) is 9.49. The molecule has 0 atom stereocenters. The van der Waals surface area contributed by atoms with Crippen LogP contribution in [0.3, 0.4) is 0 Å².